The van der Waals surface area contributed by atoms with Gasteiger partial charge < -0.3 is 34.3 Å². The summed E-state index contributed by atoms with van der Waals surface area (Å²) in [6.07, 6.45) is 5.16. The Morgan fingerprint density at radius 1 is 1.04 bits per heavy atom. The van der Waals surface area contributed by atoms with Gasteiger partial charge in [0.1, 0.15) is 34.7 Å². The highest BCUT2D eigenvalue weighted by Gasteiger charge is 2.35. The molecule has 2 aromatic carbocycles. The topological polar surface area (TPSA) is 121 Å². The molecule has 6 heterocycles. The highest BCUT2D eigenvalue weighted by atomic mass is 35.5. The highest BCUT2D eigenvalue weighted by molar-refractivity contribution is 6.32. The number of aliphatic hydroxyl groups is 1. The molecule has 1 saturated heterocycles. The van der Waals surface area contributed by atoms with Gasteiger partial charge in [0.2, 0.25) is 0 Å². The van der Waals surface area contributed by atoms with E-state index in [1.54, 1.807) is 32.9 Å². The zero-order valence-corrected chi connectivity index (χ0v) is 32.1. The van der Waals surface area contributed by atoms with E-state index in [4.69, 9.17) is 35.9 Å². The van der Waals surface area contributed by atoms with Crippen molar-refractivity contribution >= 4 is 29.0 Å². The number of carbonyl (C=O) groups is 1. The molecule has 0 unspecified atom stereocenters. The fourth-order valence-corrected chi connectivity index (χ4v) is 7.21. The molecule has 290 valence electrons. The number of hydrazine groups is 1. The zero-order chi connectivity index (χ0) is 38.8. The molecule has 4 aliphatic rings. The number of fused-ring (bicyclic) bond motifs is 8. The minimum absolute atomic E-state index is 0.132. The summed E-state index contributed by atoms with van der Waals surface area (Å²) in [6.45, 7) is 12.7. The average molecular weight is 768 g/mol. The Hall–Kier alpha value is -4.27. The van der Waals surface area contributed by atoms with Gasteiger partial charge in [0.25, 0.3) is 0 Å². The molecular weight excluding hydrogens is 720 g/mol. The monoisotopic (exact) mass is 767 g/mol. The molecule has 11 nitrogen and oxygen atoms in total. The van der Waals surface area contributed by atoms with Gasteiger partial charge >= 0.3 is 5.97 Å². The third-order valence-corrected chi connectivity index (χ3v) is 9.93. The number of nitrogens with zero attached hydrogens (tertiary/aromatic N) is 4. The van der Waals surface area contributed by atoms with Crippen LogP contribution in [0.3, 0.4) is 0 Å². The second-order valence-electron chi connectivity index (χ2n) is 15.0. The number of ether oxygens (including phenoxy) is 3. The Labute approximate surface area is 319 Å². The van der Waals surface area contributed by atoms with Crippen LogP contribution in [-0.4, -0.2) is 87.8 Å². The molecule has 0 amide bonds. The SMILES string of the molecule is CC(C)(C)O.Cc1c(CC(=O)O)c2n3c(Cl)c(nc3c1CN1C=CCN1)-c1cccc(c1)-c1cc(F)c(F)cc1OCCOCCOC1(C)CCN2CC1. The van der Waals surface area contributed by atoms with Crippen molar-refractivity contribution in [3.05, 3.63) is 82.2 Å². The van der Waals surface area contributed by atoms with Gasteiger partial charge in [0, 0.05) is 54.2 Å². The Morgan fingerprint density at radius 2 is 1.72 bits per heavy atom. The lowest BCUT2D eigenvalue weighted by atomic mass is 9.92. The van der Waals surface area contributed by atoms with Crippen LogP contribution in [0.15, 0.2) is 48.7 Å². The lowest BCUT2D eigenvalue weighted by Crippen LogP contribution is -2.45. The van der Waals surface area contributed by atoms with Crippen LogP contribution in [0.5, 0.6) is 5.75 Å². The van der Waals surface area contributed by atoms with Crippen molar-refractivity contribution in [3.63, 3.8) is 0 Å². The maximum atomic E-state index is 14.6. The fraction of sp³-hybridized carbons (Fsp3) is 0.450. The van der Waals surface area contributed by atoms with E-state index < -0.39 is 28.8 Å². The number of piperidine rings is 1. The number of aromatic nitrogens is 2. The van der Waals surface area contributed by atoms with Crippen LogP contribution in [0.25, 0.3) is 28.0 Å². The van der Waals surface area contributed by atoms with Gasteiger partial charge in [-0.2, -0.15) is 0 Å². The van der Waals surface area contributed by atoms with E-state index in [-0.39, 0.29) is 25.4 Å². The predicted molar refractivity (Wildman–Crippen MR) is 204 cm³/mol. The van der Waals surface area contributed by atoms with E-state index in [9.17, 15) is 18.7 Å². The number of carboxylic acids is 1. The smallest absolute Gasteiger partial charge is 0.307 e. The zero-order valence-electron chi connectivity index (χ0n) is 31.3. The average Bonchev–Trinajstić information content (AvgIpc) is 3.75. The second kappa shape index (κ2) is 16.2. The van der Waals surface area contributed by atoms with Gasteiger partial charge in [-0.3, -0.25) is 9.20 Å². The van der Waals surface area contributed by atoms with Crippen LogP contribution in [0.2, 0.25) is 5.15 Å². The summed E-state index contributed by atoms with van der Waals surface area (Å²) in [6, 6.07) is 9.43. The lowest BCUT2D eigenvalue weighted by Gasteiger charge is -2.41. The number of imidazole rings is 1. The first-order valence-corrected chi connectivity index (χ1v) is 18.5. The number of carboxylic acid groups (broad SMARTS) is 1. The van der Waals surface area contributed by atoms with Crippen LogP contribution in [-0.2, 0) is 27.2 Å². The van der Waals surface area contributed by atoms with E-state index in [0.29, 0.717) is 96.8 Å². The lowest BCUT2D eigenvalue weighted by molar-refractivity contribution is -0.136. The molecule has 2 aromatic heterocycles. The Balaban J connectivity index is 0.000000934. The molecule has 3 N–H and O–H groups in total. The van der Waals surface area contributed by atoms with E-state index in [1.807, 2.05) is 40.7 Å². The maximum Gasteiger partial charge on any atom is 0.307 e. The van der Waals surface area contributed by atoms with Crippen LogP contribution >= 0.6 is 11.6 Å². The van der Waals surface area contributed by atoms with Crippen LogP contribution in [0, 0.1) is 18.6 Å². The third-order valence-electron chi connectivity index (χ3n) is 9.59. The van der Waals surface area contributed by atoms with Gasteiger partial charge in [-0.15, -0.1) is 0 Å². The third kappa shape index (κ3) is 8.98. The molecule has 4 aliphatic heterocycles. The molecule has 0 aliphatic carbocycles. The predicted octanol–water partition coefficient (Wildman–Crippen LogP) is 6.93. The van der Waals surface area contributed by atoms with Crippen molar-refractivity contribution in [1.82, 2.24) is 19.8 Å². The highest BCUT2D eigenvalue weighted by Crippen LogP contribution is 2.42. The first-order valence-electron chi connectivity index (χ1n) is 18.1. The molecule has 8 rings (SSSR count). The van der Waals surface area contributed by atoms with Crippen molar-refractivity contribution in [2.75, 3.05) is 51.0 Å². The Kier molecular flexibility index (Phi) is 11.8. The number of pyridine rings is 1. The summed E-state index contributed by atoms with van der Waals surface area (Å²) in [5, 5.41) is 20.9. The minimum atomic E-state index is -1.02. The van der Waals surface area contributed by atoms with Gasteiger partial charge in [-0.05, 0) is 70.7 Å². The van der Waals surface area contributed by atoms with Gasteiger partial charge in [-0.25, -0.2) is 19.2 Å². The molecule has 54 heavy (non-hydrogen) atoms. The van der Waals surface area contributed by atoms with E-state index in [2.05, 4.69) is 17.2 Å². The second-order valence-corrected chi connectivity index (χ2v) is 15.4. The number of rotatable bonds is 4. The first-order chi connectivity index (χ1) is 25.6. The quantitative estimate of drug-likeness (QED) is 0.189. The molecule has 0 radical (unpaired) electrons. The number of hydrogen-bond donors (Lipinski definition) is 3. The van der Waals surface area contributed by atoms with E-state index in [1.165, 1.54) is 0 Å². The number of nitrogens with one attached hydrogen (secondary N) is 1. The number of halogens is 3. The number of benzene rings is 2. The van der Waals surface area contributed by atoms with Gasteiger partial charge in [-0.1, -0.05) is 35.9 Å². The Bertz CT molecular complexity index is 2030. The molecule has 0 atom stereocenters. The molecule has 0 spiro atoms. The van der Waals surface area contributed by atoms with Crippen molar-refractivity contribution in [2.45, 2.75) is 71.6 Å². The van der Waals surface area contributed by atoms with Crippen LogP contribution in [0.1, 0.15) is 57.2 Å². The van der Waals surface area contributed by atoms with Crippen molar-refractivity contribution < 1.29 is 38.0 Å². The molecule has 1 fully saturated rings. The fourth-order valence-electron chi connectivity index (χ4n) is 6.90. The number of aliphatic carboxylic acids is 1. The molecule has 4 aromatic rings. The summed E-state index contributed by atoms with van der Waals surface area (Å²) in [5.41, 5.74) is 7.40. The van der Waals surface area contributed by atoms with Gasteiger partial charge in [0.05, 0.1) is 44.0 Å². The summed E-state index contributed by atoms with van der Waals surface area (Å²) in [4.78, 5) is 19.7. The van der Waals surface area contributed by atoms with E-state index in [0.717, 1.165) is 23.3 Å². The largest absolute Gasteiger partial charge is 0.490 e. The standard InChI is InChI=1S/C36H38ClF2N5O5.C4H10O/c1-22-25(19-31(45)46)35-42-11-7-36(2,8-12-42)49-16-14-47-13-15-48-30-20-29(39)28(38)18-26(30)23-5-3-6-24(17-23)32-33(37)44(35)34(41-32)27(22)21-43-10-4-9-40-43;1-4(2,3)5/h3-6,10,17-18,20,40H,7-9,11-16,19,21H2,1-2H3,(H,45,46);5H,1-3H3. The molecule has 0 saturated carbocycles. The van der Waals surface area contributed by atoms with Crippen molar-refractivity contribution in [3.8, 4) is 28.1 Å². The summed E-state index contributed by atoms with van der Waals surface area (Å²) in [7, 11) is 0. The first kappa shape index (κ1) is 39.4. The van der Waals surface area contributed by atoms with Crippen LogP contribution in [0.4, 0.5) is 14.6 Å². The van der Waals surface area contributed by atoms with Gasteiger partial charge in [0.15, 0.2) is 11.6 Å². The molecule has 14 heteroatoms. The number of hydrogen-bond acceptors (Lipinski definition) is 9. The summed E-state index contributed by atoms with van der Waals surface area (Å²) in [5.74, 6) is -2.10. The van der Waals surface area contributed by atoms with Crippen molar-refractivity contribution in [1.29, 1.82) is 0 Å². The normalized spacial score (nSPS) is 17.3. The minimum Gasteiger partial charge on any atom is -0.490 e. The molecular formula is C40H48ClF2N5O6. The maximum absolute atomic E-state index is 14.6. The van der Waals surface area contributed by atoms with Crippen molar-refractivity contribution in [2.24, 2.45) is 0 Å². The summed E-state index contributed by atoms with van der Waals surface area (Å²) >= 11 is 7.33. The number of anilines is 1. The molecule has 6 bridgehead atoms. The van der Waals surface area contributed by atoms with E-state index >= 15 is 0 Å². The van der Waals surface area contributed by atoms with Crippen LogP contribution < -0.4 is 15.1 Å². The summed E-state index contributed by atoms with van der Waals surface area (Å²) < 4.78 is 48.9. The Morgan fingerprint density at radius 3 is 2.41 bits per heavy atom.